The van der Waals surface area contributed by atoms with E-state index in [4.69, 9.17) is 4.42 Å². The van der Waals surface area contributed by atoms with Gasteiger partial charge in [0.2, 0.25) is 0 Å². The van der Waals surface area contributed by atoms with E-state index < -0.39 is 11.6 Å². The molecule has 0 spiro atoms. The molecule has 0 atom stereocenters. The zero-order valence-corrected chi connectivity index (χ0v) is 9.89. The molecule has 0 radical (unpaired) electrons. The normalized spacial score (nSPS) is 11.6. The van der Waals surface area contributed by atoms with Crippen molar-refractivity contribution in [3.05, 3.63) is 35.6 Å². The SMILES string of the molecule is CC(C)NCCc1coc2c(F)ccc(F)c12. The van der Waals surface area contributed by atoms with Gasteiger partial charge in [-0.1, -0.05) is 13.8 Å². The summed E-state index contributed by atoms with van der Waals surface area (Å²) in [7, 11) is 0. The van der Waals surface area contributed by atoms with Crippen molar-refractivity contribution in [2.75, 3.05) is 6.54 Å². The second kappa shape index (κ2) is 4.84. The van der Waals surface area contributed by atoms with Crippen molar-refractivity contribution in [2.24, 2.45) is 0 Å². The second-order valence-corrected chi connectivity index (χ2v) is 4.35. The van der Waals surface area contributed by atoms with Gasteiger partial charge < -0.3 is 9.73 Å². The quantitative estimate of drug-likeness (QED) is 0.886. The molecule has 1 heterocycles. The van der Waals surface area contributed by atoms with Crippen LogP contribution in [0, 0.1) is 11.6 Å². The number of furan rings is 1. The number of hydrogen-bond donors (Lipinski definition) is 1. The molecule has 17 heavy (non-hydrogen) atoms. The van der Waals surface area contributed by atoms with Crippen molar-refractivity contribution in [1.29, 1.82) is 0 Å². The monoisotopic (exact) mass is 239 g/mol. The predicted octanol–water partition coefficient (Wildman–Crippen LogP) is 3.25. The van der Waals surface area contributed by atoms with Crippen LogP contribution < -0.4 is 5.32 Å². The van der Waals surface area contributed by atoms with E-state index in [0.717, 1.165) is 12.1 Å². The van der Waals surface area contributed by atoms with Crippen LogP contribution in [0.15, 0.2) is 22.8 Å². The summed E-state index contributed by atoms with van der Waals surface area (Å²) in [6, 6.07) is 2.58. The molecule has 1 aromatic heterocycles. The fourth-order valence-corrected chi connectivity index (χ4v) is 1.82. The molecule has 92 valence electrons. The summed E-state index contributed by atoms with van der Waals surface area (Å²) in [5.41, 5.74) is 0.703. The Kier molecular flexibility index (Phi) is 3.43. The molecule has 4 heteroatoms. The highest BCUT2D eigenvalue weighted by Gasteiger charge is 2.14. The zero-order valence-electron chi connectivity index (χ0n) is 9.89. The number of rotatable bonds is 4. The van der Waals surface area contributed by atoms with Gasteiger partial charge in [0.15, 0.2) is 11.4 Å². The van der Waals surface area contributed by atoms with Gasteiger partial charge in [-0.15, -0.1) is 0 Å². The summed E-state index contributed by atoms with van der Waals surface area (Å²) in [5, 5.41) is 3.48. The Morgan fingerprint density at radius 1 is 1.24 bits per heavy atom. The summed E-state index contributed by atoms with van der Waals surface area (Å²) in [6.07, 6.45) is 2.05. The number of benzene rings is 1. The van der Waals surface area contributed by atoms with Gasteiger partial charge in [0.05, 0.1) is 11.6 Å². The average molecular weight is 239 g/mol. The Labute approximate surface area is 98.6 Å². The minimum Gasteiger partial charge on any atom is -0.461 e. The van der Waals surface area contributed by atoms with Crippen LogP contribution in [0.25, 0.3) is 11.0 Å². The number of halogens is 2. The van der Waals surface area contributed by atoms with Gasteiger partial charge in [-0.25, -0.2) is 8.78 Å². The van der Waals surface area contributed by atoms with Gasteiger partial charge in [-0.05, 0) is 25.1 Å². The summed E-state index contributed by atoms with van der Waals surface area (Å²) in [4.78, 5) is 0. The molecule has 0 unspecified atom stereocenters. The highest BCUT2D eigenvalue weighted by Crippen LogP contribution is 2.26. The molecule has 0 saturated carbocycles. The van der Waals surface area contributed by atoms with E-state index in [-0.39, 0.29) is 11.0 Å². The molecule has 0 bridgehead atoms. The first-order valence-corrected chi connectivity index (χ1v) is 5.67. The predicted molar refractivity (Wildman–Crippen MR) is 63.0 cm³/mol. The molecule has 1 N–H and O–H groups in total. The molecule has 0 aliphatic carbocycles. The maximum Gasteiger partial charge on any atom is 0.172 e. The molecular formula is C13H15F2NO. The average Bonchev–Trinajstić information content (AvgIpc) is 2.68. The fraction of sp³-hybridized carbons (Fsp3) is 0.385. The maximum atomic E-state index is 13.6. The number of fused-ring (bicyclic) bond motifs is 1. The van der Waals surface area contributed by atoms with Crippen LogP contribution in [0.3, 0.4) is 0 Å². The first-order chi connectivity index (χ1) is 8.09. The first kappa shape index (κ1) is 12.0. The lowest BCUT2D eigenvalue weighted by Gasteiger charge is -2.06. The Balaban J connectivity index is 2.26. The lowest BCUT2D eigenvalue weighted by Crippen LogP contribution is -2.24. The largest absolute Gasteiger partial charge is 0.461 e. The van der Waals surface area contributed by atoms with Crippen LogP contribution >= 0.6 is 0 Å². The third kappa shape index (κ3) is 2.47. The van der Waals surface area contributed by atoms with Gasteiger partial charge in [-0.3, -0.25) is 0 Å². The topological polar surface area (TPSA) is 25.2 Å². The van der Waals surface area contributed by atoms with Gasteiger partial charge in [-0.2, -0.15) is 0 Å². The van der Waals surface area contributed by atoms with E-state index in [1.54, 1.807) is 0 Å². The van der Waals surface area contributed by atoms with Crippen LogP contribution in [0.1, 0.15) is 19.4 Å². The van der Waals surface area contributed by atoms with Gasteiger partial charge in [0.25, 0.3) is 0 Å². The number of hydrogen-bond acceptors (Lipinski definition) is 2. The van der Waals surface area contributed by atoms with Gasteiger partial charge in [0.1, 0.15) is 5.82 Å². The Morgan fingerprint density at radius 2 is 1.94 bits per heavy atom. The molecule has 2 aromatic rings. The van der Waals surface area contributed by atoms with E-state index >= 15 is 0 Å². The van der Waals surface area contributed by atoms with Gasteiger partial charge in [0, 0.05) is 11.6 Å². The minimum absolute atomic E-state index is 0.00421. The van der Waals surface area contributed by atoms with Crippen LogP contribution in [0.5, 0.6) is 0 Å². The molecule has 0 aliphatic heterocycles. The standard InChI is InChI=1S/C13H15F2NO/c1-8(2)16-6-5-9-7-17-13-11(15)4-3-10(14)12(9)13/h3-4,7-8,16H,5-6H2,1-2H3. The minimum atomic E-state index is -0.524. The van der Waals surface area contributed by atoms with Crippen molar-refractivity contribution < 1.29 is 13.2 Å². The Morgan fingerprint density at radius 3 is 2.65 bits per heavy atom. The van der Waals surface area contributed by atoms with Crippen molar-refractivity contribution in [3.63, 3.8) is 0 Å². The van der Waals surface area contributed by atoms with E-state index in [2.05, 4.69) is 5.32 Å². The lowest BCUT2D eigenvalue weighted by atomic mass is 10.1. The molecule has 1 aromatic carbocycles. The van der Waals surface area contributed by atoms with Crippen molar-refractivity contribution in [2.45, 2.75) is 26.3 Å². The Bertz CT molecular complexity index is 519. The highest BCUT2D eigenvalue weighted by molar-refractivity contribution is 5.82. The summed E-state index contributed by atoms with van der Waals surface area (Å²) in [5.74, 6) is -0.959. The van der Waals surface area contributed by atoms with Crippen molar-refractivity contribution in [1.82, 2.24) is 5.32 Å². The molecule has 0 saturated heterocycles. The Hall–Kier alpha value is -1.42. The van der Waals surface area contributed by atoms with Crippen LogP contribution in [0.2, 0.25) is 0 Å². The summed E-state index contributed by atoms with van der Waals surface area (Å²) < 4.78 is 32.0. The summed E-state index contributed by atoms with van der Waals surface area (Å²) >= 11 is 0. The van der Waals surface area contributed by atoms with Crippen molar-refractivity contribution >= 4 is 11.0 Å². The molecule has 0 fully saturated rings. The fourth-order valence-electron chi connectivity index (χ4n) is 1.82. The smallest absolute Gasteiger partial charge is 0.172 e. The second-order valence-electron chi connectivity index (χ2n) is 4.35. The van der Waals surface area contributed by atoms with Crippen LogP contribution in [0.4, 0.5) is 8.78 Å². The van der Waals surface area contributed by atoms with Crippen molar-refractivity contribution in [3.8, 4) is 0 Å². The highest BCUT2D eigenvalue weighted by atomic mass is 19.1. The third-order valence-corrected chi connectivity index (χ3v) is 2.65. The summed E-state index contributed by atoms with van der Waals surface area (Å²) in [6.45, 7) is 4.78. The molecular weight excluding hydrogens is 224 g/mol. The zero-order chi connectivity index (χ0) is 12.4. The molecule has 0 amide bonds. The van der Waals surface area contributed by atoms with Crippen LogP contribution in [-0.4, -0.2) is 12.6 Å². The van der Waals surface area contributed by atoms with E-state index in [1.165, 1.54) is 6.26 Å². The van der Waals surface area contributed by atoms with E-state index in [1.807, 2.05) is 13.8 Å². The lowest BCUT2D eigenvalue weighted by molar-refractivity contribution is 0.551. The van der Waals surface area contributed by atoms with Crippen LogP contribution in [-0.2, 0) is 6.42 Å². The molecule has 0 aliphatic rings. The van der Waals surface area contributed by atoms with Gasteiger partial charge >= 0.3 is 0 Å². The first-order valence-electron chi connectivity index (χ1n) is 5.67. The maximum absolute atomic E-state index is 13.6. The van der Waals surface area contributed by atoms with E-state index in [9.17, 15) is 8.78 Å². The molecule has 2 nitrogen and oxygen atoms in total. The molecule has 2 rings (SSSR count). The number of nitrogens with one attached hydrogen (secondary N) is 1. The third-order valence-electron chi connectivity index (χ3n) is 2.65. The van der Waals surface area contributed by atoms with E-state index in [0.29, 0.717) is 24.6 Å².